The van der Waals surface area contributed by atoms with Gasteiger partial charge in [-0.15, -0.1) is 0 Å². The Balaban J connectivity index is 1.78. The van der Waals surface area contributed by atoms with Crippen LogP contribution in [0.25, 0.3) is 11.4 Å². The summed E-state index contributed by atoms with van der Waals surface area (Å²) >= 11 is 0. The van der Waals surface area contributed by atoms with Crippen LogP contribution in [0.1, 0.15) is 41.4 Å². The predicted octanol–water partition coefficient (Wildman–Crippen LogP) is 4.83. The highest BCUT2D eigenvalue weighted by Crippen LogP contribution is 2.19. The maximum absolute atomic E-state index is 12.5. The van der Waals surface area contributed by atoms with Crippen molar-refractivity contribution < 1.29 is 4.79 Å². The van der Waals surface area contributed by atoms with Crippen LogP contribution in [-0.4, -0.2) is 15.9 Å². The highest BCUT2D eigenvalue weighted by Gasteiger charge is 2.13. The van der Waals surface area contributed by atoms with E-state index >= 15 is 0 Å². The van der Waals surface area contributed by atoms with E-state index in [0.717, 1.165) is 11.3 Å². The third-order valence-electron chi connectivity index (χ3n) is 4.09. The highest BCUT2D eigenvalue weighted by atomic mass is 16.1. The third kappa shape index (κ3) is 3.91. The lowest BCUT2D eigenvalue weighted by molar-refractivity contribution is 0.102. The van der Waals surface area contributed by atoms with Crippen LogP contribution in [-0.2, 0) is 0 Å². The summed E-state index contributed by atoms with van der Waals surface area (Å²) in [6.07, 6.45) is 1.59. The number of aryl methyl sites for hydroxylation is 1. The minimum Gasteiger partial charge on any atom is -0.322 e. The van der Waals surface area contributed by atoms with Gasteiger partial charge >= 0.3 is 0 Å². The lowest BCUT2D eigenvalue weighted by Gasteiger charge is -2.10. The summed E-state index contributed by atoms with van der Waals surface area (Å²) in [7, 11) is 0. The zero-order chi connectivity index (χ0) is 17.8. The van der Waals surface area contributed by atoms with Crippen molar-refractivity contribution in [1.29, 1.82) is 0 Å². The summed E-state index contributed by atoms with van der Waals surface area (Å²) in [6.45, 7) is 6.11. The lowest BCUT2D eigenvalue weighted by atomic mass is 10.0. The van der Waals surface area contributed by atoms with Gasteiger partial charge in [-0.2, -0.15) is 0 Å². The fraction of sp³-hybridized carbons (Fsp3) is 0.190. The average molecular weight is 331 g/mol. The van der Waals surface area contributed by atoms with E-state index in [2.05, 4.69) is 29.1 Å². The summed E-state index contributed by atoms with van der Waals surface area (Å²) in [5.74, 6) is 0.885. The monoisotopic (exact) mass is 331 g/mol. The zero-order valence-electron chi connectivity index (χ0n) is 14.7. The second-order valence-corrected chi connectivity index (χ2v) is 6.29. The first-order chi connectivity index (χ1) is 12.0. The summed E-state index contributed by atoms with van der Waals surface area (Å²) in [5.41, 5.74) is 4.07. The molecular formula is C21H21N3O. The van der Waals surface area contributed by atoms with Crippen molar-refractivity contribution in [2.75, 3.05) is 5.32 Å². The molecule has 0 aliphatic carbocycles. The summed E-state index contributed by atoms with van der Waals surface area (Å²) in [6, 6.07) is 17.6. The normalized spacial score (nSPS) is 10.7. The number of hydrogen-bond donors (Lipinski definition) is 1. The molecule has 3 aromatic rings. The van der Waals surface area contributed by atoms with E-state index in [1.807, 2.05) is 61.5 Å². The largest absolute Gasteiger partial charge is 0.322 e. The number of carbonyl (C=O) groups is 1. The van der Waals surface area contributed by atoms with Crippen LogP contribution in [0.2, 0.25) is 0 Å². The number of nitrogens with one attached hydrogen (secondary N) is 1. The minimum absolute atomic E-state index is 0.200. The molecule has 0 unspecified atom stereocenters. The third-order valence-corrected chi connectivity index (χ3v) is 4.09. The number of hydrogen-bond acceptors (Lipinski definition) is 3. The molecule has 0 aliphatic heterocycles. The summed E-state index contributed by atoms with van der Waals surface area (Å²) in [4.78, 5) is 21.3. The van der Waals surface area contributed by atoms with E-state index in [1.54, 1.807) is 6.20 Å². The van der Waals surface area contributed by atoms with Crippen LogP contribution in [0.4, 0.5) is 5.69 Å². The second kappa shape index (κ2) is 7.26. The predicted molar refractivity (Wildman–Crippen MR) is 101 cm³/mol. The smallest absolute Gasteiger partial charge is 0.259 e. The van der Waals surface area contributed by atoms with Crippen LogP contribution in [0.5, 0.6) is 0 Å². The topological polar surface area (TPSA) is 54.9 Å². The number of anilines is 1. The Morgan fingerprint density at radius 2 is 1.68 bits per heavy atom. The SMILES string of the molecule is Cc1nc(-c2ccccc2)ncc1C(=O)Nc1ccc(C(C)C)cc1. The fourth-order valence-electron chi connectivity index (χ4n) is 2.57. The summed E-state index contributed by atoms with van der Waals surface area (Å²) in [5, 5.41) is 2.91. The first-order valence-electron chi connectivity index (χ1n) is 8.35. The minimum atomic E-state index is -0.200. The molecule has 1 amide bonds. The van der Waals surface area contributed by atoms with E-state index in [9.17, 15) is 4.79 Å². The molecule has 25 heavy (non-hydrogen) atoms. The molecule has 0 atom stereocenters. The molecule has 0 radical (unpaired) electrons. The molecule has 1 heterocycles. The molecule has 0 saturated heterocycles. The van der Waals surface area contributed by atoms with Crippen molar-refractivity contribution in [2.24, 2.45) is 0 Å². The first kappa shape index (κ1) is 16.8. The van der Waals surface area contributed by atoms with Gasteiger partial charge in [0, 0.05) is 17.4 Å². The number of nitrogens with zero attached hydrogens (tertiary/aromatic N) is 2. The van der Waals surface area contributed by atoms with Gasteiger partial charge in [-0.3, -0.25) is 4.79 Å². The van der Waals surface area contributed by atoms with Gasteiger partial charge in [0.25, 0.3) is 5.91 Å². The van der Waals surface area contributed by atoms with Gasteiger partial charge in [0.2, 0.25) is 0 Å². The van der Waals surface area contributed by atoms with Crippen LogP contribution < -0.4 is 5.32 Å². The van der Waals surface area contributed by atoms with E-state index in [1.165, 1.54) is 5.56 Å². The number of carbonyl (C=O) groups excluding carboxylic acids is 1. The first-order valence-corrected chi connectivity index (χ1v) is 8.35. The number of benzene rings is 2. The van der Waals surface area contributed by atoms with Crippen LogP contribution in [0, 0.1) is 6.92 Å². The van der Waals surface area contributed by atoms with Crippen molar-refractivity contribution in [3.8, 4) is 11.4 Å². The zero-order valence-corrected chi connectivity index (χ0v) is 14.7. The Hall–Kier alpha value is -3.01. The lowest BCUT2D eigenvalue weighted by Crippen LogP contribution is -2.15. The van der Waals surface area contributed by atoms with E-state index < -0.39 is 0 Å². The van der Waals surface area contributed by atoms with Gasteiger partial charge in [0.05, 0.1) is 11.3 Å². The Bertz CT molecular complexity index is 871. The van der Waals surface area contributed by atoms with Crippen LogP contribution in [0.15, 0.2) is 60.8 Å². The number of aromatic nitrogens is 2. The molecular weight excluding hydrogens is 310 g/mol. The van der Waals surface area contributed by atoms with Gasteiger partial charge in [-0.25, -0.2) is 9.97 Å². The summed E-state index contributed by atoms with van der Waals surface area (Å²) < 4.78 is 0. The molecule has 0 spiro atoms. The van der Waals surface area contributed by atoms with Gasteiger partial charge in [0.1, 0.15) is 0 Å². The van der Waals surface area contributed by atoms with Crippen molar-refractivity contribution in [2.45, 2.75) is 26.7 Å². The molecule has 2 aromatic carbocycles. The van der Waals surface area contributed by atoms with Gasteiger partial charge in [-0.1, -0.05) is 56.3 Å². The fourth-order valence-corrected chi connectivity index (χ4v) is 2.57. The molecule has 4 nitrogen and oxygen atoms in total. The maximum atomic E-state index is 12.5. The Morgan fingerprint density at radius 1 is 1.00 bits per heavy atom. The van der Waals surface area contributed by atoms with E-state index in [4.69, 9.17) is 0 Å². The Morgan fingerprint density at radius 3 is 2.28 bits per heavy atom. The van der Waals surface area contributed by atoms with Crippen LogP contribution in [0.3, 0.4) is 0 Å². The van der Waals surface area contributed by atoms with Crippen LogP contribution >= 0.6 is 0 Å². The molecule has 4 heteroatoms. The number of amides is 1. The molecule has 0 saturated carbocycles. The second-order valence-electron chi connectivity index (χ2n) is 6.29. The molecule has 0 bridgehead atoms. The molecule has 1 aromatic heterocycles. The van der Waals surface area contributed by atoms with Gasteiger partial charge in [-0.05, 0) is 30.5 Å². The van der Waals surface area contributed by atoms with Crippen molar-refractivity contribution in [3.05, 3.63) is 77.6 Å². The molecule has 0 aliphatic rings. The number of rotatable bonds is 4. The molecule has 0 fully saturated rings. The van der Waals surface area contributed by atoms with Crippen molar-refractivity contribution in [1.82, 2.24) is 9.97 Å². The quantitative estimate of drug-likeness (QED) is 0.745. The van der Waals surface area contributed by atoms with Gasteiger partial charge < -0.3 is 5.32 Å². The average Bonchev–Trinajstić information content (AvgIpc) is 2.62. The molecule has 3 rings (SSSR count). The molecule has 126 valence electrons. The molecule has 1 N–H and O–H groups in total. The van der Waals surface area contributed by atoms with Crippen molar-refractivity contribution >= 4 is 11.6 Å². The maximum Gasteiger partial charge on any atom is 0.259 e. The Labute approximate surface area is 148 Å². The van der Waals surface area contributed by atoms with Gasteiger partial charge in [0.15, 0.2) is 5.82 Å². The Kier molecular flexibility index (Phi) is 4.89. The standard InChI is InChI=1S/C21H21N3O/c1-14(2)16-9-11-18(12-10-16)24-21(25)19-13-22-20(23-15(19)3)17-7-5-4-6-8-17/h4-14H,1-3H3,(H,24,25). The highest BCUT2D eigenvalue weighted by molar-refractivity contribution is 6.04. The van der Waals surface area contributed by atoms with E-state index in [-0.39, 0.29) is 5.91 Å². The van der Waals surface area contributed by atoms with E-state index in [0.29, 0.717) is 23.0 Å². The van der Waals surface area contributed by atoms with Crippen molar-refractivity contribution in [3.63, 3.8) is 0 Å².